The lowest BCUT2D eigenvalue weighted by Crippen LogP contribution is -2.24. The zero-order valence-corrected chi connectivity index (χ0v) is 18.4. The van der Waals surface area contributed by atoms with Crippen molar-refractivity contribution in [1.82, 2.24) is 19.6 Å². The molecule has 5 heteroatoms. The molecule has 0 aliphatic carbocycles. The van der Waals surface area contributed by atoms with Gasteiger partial charge >= 0.3 is 0 Å². The van der Waals surface area contributed by atoms with Gasteiger partial charge in [-0.25, -0.2) is 9.36 Å². The second-order valence-electron chi connectivity index (χ2n) is 7.57. The van der Waals surface area contributed by atoms with Gasteiger partial charge < -0.3 is 0 Å². The Morgan fingerprint density at radius 3 is 1.79 bits per heavy atom. The lowest BCUT2D eigenvalue weighted by molar-refractivity contribution is 0.396. The van der Waals surface area contributed by atoms with Gasteiger partial charge in [0.05, 0.1) is 11.4 Å². The van der Waals surface area contributed by atoms with E-state index in [0.29, 0.717) is 0 Å². The second kappa shape index (κ2) is 7.91. The quantitative estimate of drug-likeness (QED) is 0.419. The van der Waals surface area contributed by atoms with Crippen LogP contribution < -0.4 is 0 Å². The van der Waals surface area contributed by atoms with Crippen LogP contribution >= 0.6 is 11.8 Å². The van der Waals surface area contributed by atoms with Crippen LogP contribution in [0.4, 0.5) is 0 Å². The van der Waals surface area contributed by atoms with E-state index in [9.17, 15) is 0 Å². The van der Waals surface area contributed by atoms with Gasteiger partial charge in [0.2, 0.25) is 0 Å². The molecular weight excluding hydrogens is 376 g/mol. The van der Waals surface area contributed by atoms with Gasteiger partial charge in [-0.3, -0.25) is 0 Å². The molecule has 0 spiro atoms. The maximum Gasteiger partial charge on any atom is 0.170 e. The molecule has 0 bridgehead atoms. The monoisotopic (exact) mass is 402 g/mol. The Labute approximate surface area is 176 Å². The fraction of sp³-hybridized carbons (Fsp3) is 0.250. The van der Waals surface area contributed by atoms with Crippen LogP contribution in [0.1, 0.15) is 40.1 Å². The minimum absolute atomic E-state index is 0.133. The van der Waals surface area contributed by atoms with Crippen molar-refractivity contribution in [2.45, 2.75) is 50.6 Å². The summed E-state index contributed by atoms with van der Waals surface area (Å²) in [4.78, 5) is 2.44. The van der Waals surface area contributed by atoms with Gasteiger partial charge in [0, 0.05) is 26.7 Å². The van der Waals surface area contributed by atoms with Crippen LogP contribution in [0, 0.1) is 34.6 Å². The summed E-state index contributed by atoms with van der Waals surface area (Å²) in [6.45, 7) is 10.4. The standard InChI is InChI=1S/C24H26N4S/c1-16-10-12-21(13-11-16)29-23-9-7-6-8-22(23)24(27-19(4)14-17(2)25-27)28-20(5)15-18(3)26-28/h6-15,24H,1-5H3. The minimum Gasteiger partial charge on any atom is -0.240 e. The zero-order chi connectivity index (χ0) is 20.5. The predicted octanol–water partition coefficient (Wildman–Crippen LogP) is 5.87. The van der Waals surface area contributed by atoms with E-state index in [2.05, 4.69) is 90.8 Å². The maximum absolute atomic E-state index is 4.82. The maximum atomic E-state index is 4.82. The van der Waals surface area contributed by atoms with Crippen molar-refractivity contribution < 1.29 is 0 Å². The molecule has 2 aromatic heterocycles. The van der Waals surface area contributed by atoms with Gasteiger partial charge in [0.25, 0.3) is 0 Å². The molecule has 148 valence electrons. The van der Waals surface area contributed by atoms with Gasteiger partial charge in [-0.1, -0.05) is 47.7 Å². The highest BCUT2D eigenvalue weighted by molar-refractivity contribution is 7.99. The molecule has 0 aliphatic heterocycles. The SMILES string of the molecule is Cc1ccc(Sc2ccccc2C(n2nc(C)cc2C)n2nc(C)cc2C)cc1. The van der Waals surface area contributed by atoms with Crippen LogP contribution in [-0.2, 0) is 0 Å². The largest absolute Gasteiger partial charge is 0.240 e. The highest BCUT2D eigenvalue weighted by Gasteiger charge is 2.24. The first-order valence-corrected chi connectivity index (χ1v) is 10.6. The van der Waals surface area contributed by atoms with Crippen LogP contribution in [0.15, 0.2) is 70.5 Å². The fourth-order valence-electron chi connectivity index (χ4n) is 3.67. The fourth-order valence-corrected chi connectivity index (χ4v) is 4.64. The first-order chi connectivity index (χ1) is 13.9. The zero-order valence-electron chi connectivity index (χ0n) is 17.5. The van der Waals surface area contributed by atoms with Crippen molar-refractivity contribution in [3.05, 3.63) is 94.6 Å². The molecule has 0 amide bonds. The van der Waals surface area contributed by atoms with Crippen LogP contribution in [0.2, 0.25) is 0 Å². The Morgan fingerprint density at radius 2 is 1.28 bits per heavy atom. The summed E-state index contributed by atoms with van der Waals surface area (Å²) >= 11 is 1.78. The van der Waals surface area contributed by atoms with E-state index < -0.39 is 0 Å². The smallest absolute Gasteiger partial charge is 0.170 e. The molecule has 0 N–H and O–H groups in total. The van der Waals surface area contributed by atoms with Crippen molar-refractivity contribution >= 4 is 11.8 Å². The summed E-state index contributed by atoms with van der Waals surface area (Å²) in [5, 5.41) is 9.64. The highest BCUT2D eigenvalue weighted by atomic mass is 32.2. The van der Waals surface area contributed by atoms with Crippen LogP contribution in [0.3, 0.4) is 0 Å². The van der Waals surface area contributed by atoms with E-state index in [1.54, 1.807) is 11.8 Å². The first kappa shape index (κ1) is 19.5. The summed E-state index contributed by atoms with van der Waals surface area (Å²) in [6, 6.07) is 21.5. The second-order valence-corrected chi connectivity index (χ2v) is 8.69. The third-order valence-electron chi connectivity index (χ3n) is 5.00. The lowest BCUT2D eigenvalue weighted by atomic mass is 10.1. The summed E-state index contributed by atoms with van der Waals surface area (Å²) in [7, 11) is 0. The van der Waals surface area contributed by atoms with Gasteiger partial charge in [-0.15, -0.1) is 0 Å². The van der Waals surface area contributed by atoms with Gasteiger partial charge in [0.1, 0.15) is 0 Å². The number of aryl methyl sites for hydroxylation is 5. The van der Waals surface area contributed by atoms with E-state index in [0.717, 1.165) is 22.8 Å². The summed E-state index contributed by atoms with van der Waals surface area (Å²) in [5.41, 5.74) is 6.72. The van der Waals surface area contributed by atoms with E-state index in [1.807, 2.05) is 13.8 Å². The minimum atomic E-state index is -0.133. The van der Waals surface area contributed by atoms with Gasteiger partial charge in [0.15, 0.2) is 6.17 Å². The van der Waals surface area contributed by atoms with Gasteiger partial charge in [-0.2, -0.15) is 10.2 Å². The van der Waals surface area contributed by atoms with Crippen molar-refractivity contribution in [3.8, 4) is 0 Å². The summed E-state index contributed by atoms with van der Waals surface area (Å²) in [6.07, 6.45) is -0.133. The predicted molar refractivity (Wildman–Crippen MR) is 119 cm³/mol. The van der Waals surface area contributed by atoms with Crippen molar-refractivity contribution in [1.29, 1.82) is 0 Å². The van der Waals surface area contributed by atoms with Crippen LogP contribution in [0.5, 0.6) is 0 Å². The lowest BCUT2D eigenvalue weighted by Gasteiger charge is -2.24. The molecule has 2 heterocycles. The third-order valence-corrected chi connectivity index (χ3v) is 6.10. The molecule has 2 aromatic carbocycles. The van der Waals surface area contributed by atoms with E-state index in [1.165, 1.54) is 20.9 Å². The Kier molecular flexibility index (Phi) is 5.33. The number of aromatic nitrogens is 4. The molecule has 0 radical (unpaired) electrons. The van der Waals surface area contributed by atoms with Crippen LogP contribution in [0.25, 0.3) is 0 Å². The number of benzene rings is 2. The Hall–Kier alpha value is -2.79. The van der Waals surface area contributed by atoms with Crippen LogP contribution in [-0.4, -0.2) is 19.6 Å². The van der Waals surface area contributed by atoms with Crippen molar-refractivity contribution in [3.63, 3.8) is 0 Å². The normalized spacial score (nSPS) is 11.4. The molecule has 0 fully saturated rings. The van der Waals surface area contributed by atoms with E-state index in [-0.39, 0.29) is 6.17 Å². The molecule has 4 rings (SSSR count). The Bertz CT molecular complexity index is 1090. The average Bonchev–Trinajstić information content (AvgIpc) is 3.19. The molecule has 0 aliphatic rings. The molecule has 29 heavy (non-hydrogen) atoms. The topological polar surface area (TPSA) is 35.6 Å². The summed E-state index contributed by atoms with van der Waals surface area (Å²) in [5.74, 6) is 0. The van der Waals surface area contributed by atoms with Crippen molar-refractivity contribution in [2.75, 3.05) is 0 Å². The van der Waals surface area contributed by atoms with E-state index in [4.69, 9.17) is 10.2 Å². The highest BCUT2D eigenvalue weighted by Crippen LogP contribution is 2.36. The number of rotatable bonds is 5. The summed E-state index contributed by atoms with van der Waals surface area (Å²) < 4.78 is 4.17. The number of hydrogen-bond acceptors (Lipinski definition) is 3. The molecule has 4 aromatic rings. The average molecular weight is 403 g/mol. The number of nitrogens with zero attached hydrogens (tertiary/aromatic N) is 4. The molecule has 0 unspecified atom stereocenters. The van der Waals surface area contributed by atoms with Crippen molar-refractivity contribution in [2.24, 2.45) is 0 Å². The molecule has 0 saturated heterocycles. The first-order valence-electron chi connectivity index (χ1n) is 9.81. The van der Waals surface area contributed by atoms with Gasteiger partial charge in [-0.05, 0) is 65.0 Å². The Balaban J connectivity index is 1.86. The molecule has 0 atom stereocenters. The molecule has 0 saturated carbocycles. The molecular formula is C24H26N4S. The van der Waals surface area contributed by atoms with E-state index >= 15 is 0 Å². The Morgan fingerprint density at radius 1 is 0.724 bits per heavy atom. The molecule has 4 nitrogen and oxygen atoms in total. The number of hydrogen-bond donors (Lipinski definition) is 0. The third kappa shape index (κ3) is 4.01.